The first kappa shape index (κ1) is 24.9. The van der Waals surface area contributed by atoms with E-state index in [0.717, 1.165) is 18.5 Å². The van der Waals surface area contributed by atoms with Gasteiger partial charge >= 0.3 is 12.1 Å². The Morgan fingerprint density at radius 1 is 1.06 bits per heavy atom. The number of carbonyl (C=O) groups is 2. The van der Waals surface area contributed by atoms with Crippen molar-refractivity contribution in [2.24, 2.45) is 0 Å². The molecule has 0 saturated carbocycles. The second-order valence-corrected chi connectivity index (χ2v) is 9.90. The summed E-state index contributed by atoms with van der Waals surface area (Å²) in [7, 11) is 3.43. The van der Waals surface area contributed by atoms with Gasteiger partial charge in [-0.15, -0.1) is 0 Å². The Kier molecular flexibility index (Phi) is 7.89. The molecule has 8 heteroatoms. The van der Waals surface area contributed by atoms with E-state index in [4.69, 9.17) is 14.2 Å². The van der Waals surface area contributed by atoms with E-state index in [1.165, 1.54) is 7.11 Å². The molecule has 1 aliphatic heterocycles. The van der Waals surface area contributed by atoms with E-state index >= 15 is 0 Å². The average molecular weight is 519 g/mol. The molecular weight excluding hydrogens is 488 g/mol. The molecular formula is C25H31BrN2O5. The fraction of sp³-hybridized carbons (Fsp3) is 0.440. The molecule has 0 spiro atoms. The number of ether oxygens (including phenoxy) is 3. The van der Waals surface area contributed by atoms with Crippen molar-refractivity contribution in [3.8, 4) is 11.5 Å². The van der Waals surface area contributed by atoms with E-state index in [1.807, 2.05) is 45.0 Å². The first-order valence-electron chi connectivity index (χ1n) is 10.9. The van der Waals surface area contributed by atoms with Crippen molar-refractivity contribution in [3.63, 3.8) is 0 Å². The Labute approximate surface area is 203 Å². The zero-order valence-corrected chi connectivity index (χ0v) is 21.3. The predicted octanol–water partition coefficient (Wildman–Crippen LogP) is 5.86. The monoisotopic (exact) mass is 518 g/mol. The fourth-order valence-corrected chi connectivity index (χ4v) is 4.14. The highest BCUT2D eigenvalue weighted by atomic mass is 79.9. The molecule has 1 amide bonds. The highest BCUT2D eigenvalue weighted by molar-refractivity contribution is 9.10. The fourth-order valence-electron chi connectivity index (χ4n) is 3.68. The summed E-state index contributed by atoms with van der Waals surface area (Å²) in [5, 5.41) is 0. The van der Waals surface area contributed by atoms with Crippen molar-refractivity contribution >= 4 is 33.7 Å². The molecule has 0 radical (unpaired) electrons. The third-order valence-corrected chi connectivity index (χ3v) is 6.11. The summed E-state index contributed by atoms with van der Waals surface area (Å²) in [6, 6.07) is 13.3. The quantitative estimate of drug-likeness (QED) is 0.461. The average Bonchev–Trinajstić information content (AvgIpc) is 2.79. The van der Waals surface area contributed by atoms with Crippen LogP contribution < -0.4 is 9.64 Å². The molecule has 178 valence electrons. The highest BCUT2D eigenvalue weighted by Gasteiger charge is 2.28. The van der Waals surface area contributed by atoms with Crippen molar-refractivity contribution in [3.05, 3.63) is 52.5 Å². The van der Waals surface area contributed by atoms with Crippen LogP contribution in [0.3, 0.4) is 0 Å². The zero-order valence-electron chi connectivity index (χ0n) is 19.8. The van der Waals surface area contributed by atoms with Crippen molar-refractivity contribution in [1.82, 2.24) is 4.90 Å². The van der Waals surface area contributed by atoms with Crippen LogP contribution in [0.1, 0.15) is 44.0 Å². The number of hydrogen-bond donors (Lipinski definition) is 0. The zero-order chi connectivity index (χ0) is 24.2. The number of halogens is 1. The van der Waals surface area contributed by atoms with E-state index < -0.39 is 11.6 Å². The number of benzene rings is 2. The van der Waals surface area contributed by atoms with E-state index in [1.54, 1.807) is 23.1 Å². The summed E-state index contributed by atoms with van der Waals surface area (Å²) in [6.45, 7) is 7.01. The van der Waals surface area contributed by atoms with Crippen molar-refractivity contribution in [2.75, 3.05) is 32.1 Å². The summed E-state index contributed by atoms with van der Waals surface area (Å²) in [6.07, 6.45) is 1.52. The molecule has 0 atom stereocenters. The Hall–Kier alpha value is -2.74. The minimum Gasteiger partial charge on any atom is -0.465 e. The number of anilines is 1. The van der Waals surface area contributed by atoms with Gasteiger partial charge in [0.25, 0.3) is 0 Å². The lowest BCUT2D eigenvalue weighted by Gasteiger charge is -2.38. The molecule has 0 aromatic heterocycles. The summed E-state index contributed by atoms with van der Waals surface area (Å²) in [5.74, 6) is 0.906. The largest absolute Gasteiger partial charge is 0.465 e. The minimum absolute atomic E-state index is 0.240. The van der Waals surface area contributed by atoms with Crippen LogP contribution in [0.4, 0.5) is 10.5 Å². The molecule has 0 N–H and O–H groups in total. The van der Waals surface area contributed by atoms with Crippen LogP contribution in [0.2, 0.25) is 0 Å². The van der Waals surface area contributed by atoms with Crippen LogP contribution in [0.25, 0.3) is 0 Å². The third kappa shape index (κ3) is 6.63. The first-order chi connectivity index (χ1) is 15.6. The van der Waals surface area contributed by atoms with Gasteiger partial charge in [-0.25, -0.2) is 9.59 Å². The Morgan fingerprint density at radius 2 is 1.70 bits per heavy atom. The molecule has 7 nitrogen and oxygen atoms in total. The number of amides is 1. The normalized spacial score (nSPS) is 14.5. The van der Waals surface area contributed by atoms with Crippen molar-refractivity contribution in [2.45, 2.75) is 45.3 Å². The number of methoxy groups -OCH3 is 1. The SMILES string of the molecule is COC(=O)c1ccc(Oc2ccc(N(C)C3CCN(C(=O)OC(C)(C)C)CC3)cc2)c(Br)c1. The lowest BCUT2D eigenvalue weighted by atomic mass is 10.0. The molecule has 0 aliphatic carbocycles. The molecule has 0 bridgehead atoms. The summed E-state index contributed by atoms with van der Waals surface area (Å²) in [5.41, 5.74) is 1.05. The number of carbonyl (C=O) groups excluding carboxylic acids is 2. The maximum absolute atomic E-state index is 12.3. The number of esters is 1. The lowest BCUT2D eigenvalue weighted by molar-refractivity contribution is 0.0205. The minimum atomic E-state index is -0.479. The summed E-state index contributed by atoms with van der Waals surface area (Å²) >= 11 is 3.44. The molecule has 1 saturated heterocycles. The van der Waals surface area contributed by atoms with Gasteiger partial charge in [0.15, 0.2) is 0 Å². The van der Waals surface area contributed by atoms with Crippen LogP contribution in [0.5, 0.6) is 11.5 Å². The maximum Gasteiger partial charge on any atom is 0.410 e. The second kappa shape index (κ2) is 10.5. The van der Waals surface area contributed by atoms with E-state index in [9.17, 15) is 9.59 Å². The van der Waals surface area contributed by atoms with Gasteiger partial charge in [0.05, 0.1) is 17.1 Å². The van der Waals surface area contributed by atoms with Crippen LogP contribution in [0, 0.1) is 0 Å². The van der Waals surface area contributed by atoms with Crippen LogP contribution in [0.15, 0.2) is 46.9 Å². The van der Waals surface area contributed by atoms with Gasteiger partial charge in [-0.3, -0.25) is 0 Å². The summed E-state index contributed by atoms with van der Waals surface area (Å²) in [4.78, 5) is 28.0. The predicted molar refractivity (Wildman–Crippen MR) is 131 cm³/mol. The lowest BCUT2D eigenvalue weighted by Crippen LogP contribution is -2.47. The standard InChI is InChI=1S/C25H31BrN2O5/c1-25(2,3)33-24(30)28-14-12-19(13-15-28)27(4)18-7-9-20(10-8-18)32-22-11-6-17(16-21(22)26)23(29)31-5/h6-11,16,19H,12-15H2,1-5H3. The number of hydrogen-bond acceptors (Lipinski definition) is 6. The van der Waals surface area contributed by atoms with Crippen molar-refractivity contribution in [1.29, 1.82) is 0 Å². The Morgan fingerprint density at radius 3 is 2.24 bits per heavy atom. The number of nitrogens with zero attached hydrogens (tertiary/aromatic N) is 2. The molecule has 3 rings (SSSR count). The second-order valence-electron chi connectivity index (χ2n) is 9.04. The highest BCUT2D eigenvalue weighted by Crippen LogP contribution is 2.32. The van der Waals surface area contributed by atoms with Gasteiger partial charge in [-0.1, -0.05) is 0 Å². The smallest absolute Gasteiger partial charge is 0.410 e. The van der Waals surface area contributed by atoms with Gasteiger partial charge < -0.3 is 24.0 Å². The maximum atomic E-state index is 12.3. The van der Waals surface area contributed by atoms with Gasteiger partial charge in [-0.05, 0) is 92.0 Å². The van der Waals surface area contributed by atoms with E-state index in [-0.39, 0.29) is 6.09 Å². The van der Waals surface area contributed by atoms with Gasteiger partial charge in [0.2, 0.25) is 0 Å². The van der Waals surface area contributed by atoms with Gasteiger partial charge in [-0.2, -0.15) is 0 Å². The molecule has 1 fully saturated rings. The Balaban J connectivity index is 1.57. The molecule has 2 aromatic carbocycles. The van der Waals surface area contributed by atoms with Crippen molar-refractivity contribution < 1.29 is 23.8 Å². The van der Waals surface area contributed by atoms with Gasteiger partial charge in [0, 0.05) is 31.9 Å². The van der Waals surface area contributed by atoms with Crippen LogP contribution >= 0.6 is 15.9 Å². The topological polar surface area (TPSA) is 68.3 Å². The third-order valence-electron chi connectivity index (χ3n) is 5.49. The van der Waals surface area contributed by atoms with Crippen LogP contribution in [-0.2, 0) is 9.47 Å². The number of rotatable bonds is 5. The molecule has 33 heavy (non-hydrogen) atoms. The number of likely N-dealkylation sites (tertiary alicyclic amines) is 1. The summed E-state index contributed by atoms with van der Waals surface area (Å²) < 4.78 is 16.9. The van der Waals surface area contributed by atoms with E-state index in [0.29, 0.717) is 40.7 Å². The molecule has 2 aromatic rings. The molecule has 0 unspecified atom stereocenters. The number of piperidine rings is 1. The molecule has 1 aliphatic rings. The molecule has 1 heterocycles. The Bertz CT molecular complexity index is 979. The first-order valence-corrected chi connectivity index (χ1v) is 11.7. The van der Waals surface area contributed by atoms with Crippen LogP contribution in [-0.4, -0.2) is 55.9 Å². The van der Waals surface area contributed by atoms with E-state index in [2.05, 4.69) is 27.9 Å². The van der Waals surface area contributed by atoms with Gasteiger partial charge in [0.1, 0.15) is 17.1 Å².